The third-order valence-electron chi connectivity index (χ3n) is 1.79. The Kier molecular flexibility index (Phi) is 4.26. The molecule has 0 aromatic heterocycles. The van der Waals surface area contributed by atoms with Gasteiger partial charge in [-0.3, -0.25) is 0 Å². The fourth-order valence-corrected chi connectivity index (χ4v) is 1.10. The summed E-state index contributed by atoms with van der Waals surface area (Å²) in [6.07, 6.45) is 0. The average molecular weight is 226 g/mol. The topological polar surface area (TPSA) is 63.4 Å². The minimum Gasteiger partial charge on any atom is -0.477 e. The lowest BCUT2D eigenvalue weighted by Gasteiger charge is -2.06. The average Bonchev–Trinajstić information content (AvgIpc) is 2.31. The van der Waals surface area contributed by atoms with Gasteiger partial charge in [-0.15, -0.1) is 0 Å². The van der Waals surface area contributed by atoms with Crippen molar-refractivity contribution in [3.05, 3.63) is 35.6 Å². The summed E-state index contributed by atoms with van der Waals surface area (Å²) in [7, 11) is 2.66. The van der Waals surface area contributed by atoms with Gasteiger partial charge in [-0.2, -0.15) is 0 Å². The fourth-order valence-electron chi connectivity index (χ4n) is 1.10. The minimum atomic E-state index is -0.375. The summed E-state index contributed by atoms with van der Waals surface area (Å²) >= 11 is 0. The van der Waals surface area contributed by atoms with E-state index in [4.69, 9.17) is 9.94 Å². The maximum absolute atomic E-state index is 12.7. The van der Waals surface area contributed by atoms with Gasteiger partial charge < -0.3 is 14.8 Å². The molecule has 1 aromatic carbocycles. The van der Waals surface area contributed by atoms with Crippen LogP contribution in [0.2, 0.25) is 0 Å². The van der Waals surface area contributed by atoms with Crippen LogP contribution in [0.5, 0.6) is 0 Å². The summed E-state index contributed by atoms with van der Waals surface area (Å²) in [6, 6.07) is 5.45. The lowest BCUT2D eigenvalue weighted by atomic mass is 10.1. The molecule has 0 amide bonds. The first kappa shape index (κ1) is 12.0. The molecule has 0 aliphatic carbocycles. The van der Waals surface area contributed by atoms with Crippen LogP contribution in [-0.4, -0.2) is 31.0 Å². The van der Waals surface area contributed by atoms with Crippen LogP contribution in [0.15, 0.2) is 34.6 Å². The first-order valence-electron chi connectivity index (χ1n) is 4.36. The van der Waals surface area contributed by atoms with E-state index in [0.717, 1.165) is 0 Å². The molecule has 16 heavy (non-hydrogen) atoms. The Balaban J connectivity index is 3.13. The molecule has 1 aromatic rings. The number of nitrogens with zero attached hydrogens (tertiary/aromatic N) is 2. The van der Waals surface area contributed by atoms with Crippen molar-refractivity contribution in [2.24, 2.45) is 10.3 Å². The highest BCUT2D eigenvalue weighted by atomic mass is 19.1. The van der Waals surface area contributed by atoms with E-state index in [-0.39, 0.29) is 17.4 Å². The largest absolute Gasteiger partial charge is 0.477 e. The Hall–Kier alpha value is -2.11. The van der Waals surface area contributed by atoms with Crippen LogP contribution >= 0.6 is 0 Å². The third kappa shape index (κ3) is 2.69. The van der Waals surface area contributed by atoms with E-state index < -0.39 is 0 Å². The second-order valence-corrected chi connectivity index (χ2v) is 2.74. The van der Waals surface area contributed by atoms with Gasteiger partial charge in [0.1, 0.15) is 12.9 Å². The highest BCUT2D eigenvalue weighted by molar-refractivity contribution is 6.45. The molecule has 0 aliphatic rings. The molecule has 0 saturated carbocycles. The highest BCUT2D eigenvalue weighted by Crippen LogP contribution is 2.06. The van der Waals surface area contributed by atoms with Crippen molar-refractivity contribution in [1.82, 2.24) is 0 Å². The summed E-state index contributed by atoms with van der Waals surface area (Å²) in [5.41, 5.74) is 0.686. The number of halogens is 1. The lowest BCUT2D eigenvalue weighted by Crippen LogP contribution is -2.18. The van der Waals surface area contributed by atoms with Crippen LogP contribution in [0.4, 0.5) is 4.39 Å². The Morgan fingerprint density at radius 3 is 2.31 bits per heavy atom. The number of oxime groups is 2. The lowest BCUT2D eigenvalue weighted by molar-refractivity contribution is 0.213. The molecule has 1 rings (SSSR count). The van der Waals surface area contributed by atoms with Crippen molar-refractivity contribution in [2.75, 3.05) is 14.2 Å². The zero-order chi connectivity index (χ0) is 12.0. The molecule has 0 radical (unpaired) electrons. The van der Waals surface area contributed by atoms with Gasteiger partial charge in [0.25, 0.3) is 5.90 Å². The van der Waals surface area contributed by atoms with Crippen molar-refractivity contribution in [3.8, 4) is 0 Å². The van der Waals surface area contributed by atoms with Crippen molar-refractivity contribution in [3.63, 3.8) is 0 Å². The second-order valence-electron chi connectivity index (χ2n) is 2.74. The molecular weight excluding hydrogens is 215 g/mol. The first-order valence-corrected chi connectivity index (χ1v) is 4.36. The summed E-state index contributed by atoms with van der Waals surface area (Å²) in [6.45, 7) is 0. The molecule has 0 spiro atoms. The highest BCUT2D eigenvalue weighted by Gasteiger charge is 2.14. The summed E-state index contributed by atoms with van der Waals surface area (Å²) < 4.78 is 17.5. The first-order chi connectivity index (χ1) is 7.72. The molecule has 1 N–H and O–H groups in total. The number of hydrogen-bond donors (Lipinski definition) is 1. The van der Waals surface area contributed by atoms with Gasteiger partial charge in [0, 0.05) is 5.56 Å². The van der Waals surface area contributed by atoms with E-state index in [2.05, 4.69) is 15.1 Å². The molecule has 0 heterocycles. The van der Waals surface area contributed by atoms with E-state index in [1.807, 2.05) is 0 Å². The number of methoxy groups -OCH3 is 1. The van der Waals surface area contributed by atoms with Crippen LogP contribution in [0.25, 0.3) is 0 Å². The maximum atomic E-state index is 12.7. The quantitative estimate of drug-likeness (QED) is 0.368. The van der Waals surface area contributed by atoms with E-state index >= 15 is 0 Å². The Morgan fingerprint density at radius 2 is 1.88 bits per heavy atom. The minimum absolute atomic E-state index is 0.117. The molecule has 0 saturated heterocycles. The Labute approximate surface area is 91.8 Å². The van der Waals surface area contributed by atoms with Gasteiger partial charge in [-0.25, -0.2) is 4.39 Å². The Bertz CT molecular complexity index is 401. The second kappa shape index (κ2) is 5.69. The normalized spacial score (nSPS) is 12.4. The van der Waals surface area contributed by atoms with Gasteiger partial charge in [0.2, 0.25) is 0 Å². The zero-order valence-electron chi connectivity index (χ0n) is 8.85. The van der Waals surface area contributed by atoms with E-state index in [1.54, 1.807) is 0 Å². The van der Waals surface area contributed by atoms with Gasteiger partial charge in [-0.1, -0.05) is 5.16 Å². The van der Waals surface area contributed by atoms with Gasteiger partial charge in [0.15, 0.2) is 5.71 Å². The fraction of sp³-hybridized carbons (Fsp3) is 0.200. The number of ether oxygens (including phenoxy) is 1. The van der Waals surface area contributed by atoms with E-state index in [0.29, 0.717) is 5.56 Å². The van der Waals surface area contributed by atoms with Crippen LogP contribution in [0.3, 0.4) is 0 Å². The van der Waals surface area contributed by atoms with Crippen LogP contribution < -0.4 is 0 Å². The maximum Gasteiger partial charge on any atom is 0.280 e. The predicted octanol–water partition coefficient (Wildman–Crippen LogP) is 1.61. The molecule has 5 nitrogen and oxygen atoms in total. The monoisotopic (exact) mass is 226 g/mol. The van der Waals surface area contributed by atoms with Crippen molar-refractivity contribution in [2.45, 2.75) is 0 Å². The zero-order valence-corrected chi connectivity index (χ0v) is 8.85. The van der Waals surface area contributed by atoms with Crippen LogP contribution in [0.1, 0.15) is 5.56 Å². The number of rotatable bonds is 3. The van der Waals surface area contributed by atoms with E-state index in [1.165, 1.54) is 38.5 Å². The smallest absolute Gasteiger partial charge is 0.280 e. The van der Waals surface area contributed by atoms with Gasteiger partial charge >= 0.3 is 0 Å². The Morgan fingerprint density at radius 1 is 1.25 bits per heavy atom. The van der Waals surface area contributed by atoms with Crippen molar-refractivity contribution < 1.29 is 19.2 Å². The van der Waals surface area contributed by atoms with Gasteiger partial charge in [-0.05, 0) is 29.4 Å². The van der Waals surface area contributed by atoms with E-state index in [9.17, 15) is 4.39 Å². The van der Waals surface area contributed by atoms with Crippen molar-refractivity contribution >= 4 is 11.6 Å². The molecule has 0 unspecified atom stereocenters. The standard InChI is InChI=1S/C10H11FN2O3/c1-15-10(12-14)9(13-16-2)7-3-5-8(11)6-4-7/h3-6,14H,1-2H3/b12-10-,13-9-. The number of benzene rings is 1. The van der Waals surface area contributed by atoms with Gasteiger partial charge in [0.05, 0.1) is 7.11 Å². The molecule has 0 fully saturated rings. The number of hydrogen-bond acceptors (Lipinski definition) is 5. The molecule has 86 valence electrons. The molecule has 0 atom stereocenters. The molecular formula is C10H11FN2O3. The van der Waals surface area contributed by atoms with Crippen LogP contribution in [-0.2, 0) is 9.57 Å². The molecule has 6 heteroatoms. The van der Waals surface area contributed by atoms with Crippen molar-refractivity contribution in [1.29, 1.82) is 0 Å². The van der Waals surface area contributed by atoms with Crippen LogP contribution in [0, 0.1) is 5.82 Å². The molecule has 0 bridgehead atoms. The third-order valence-corrected chi connectivity index (χ3v) is 1.79. The summed E-state index contributed by atoms with van der Waals surface area (Å²) in [4.78, 5) is 4.60. The predicted molar refractivity (Wildman–Crippen MR) is 56.2 cm³/mol. The summed E-state index contributed by atoms with van der Waals surface area (Å²) in [5, 5.41) is 15.3. The SMILES string of the molecule is CO/N=C(\C(=N\O)OC)c1ccc(F)cc1. The summed E-state index contributed by atoms with van der Waals surface area (Å²) in [5.74, 6) is -0.492. The molecule has 0 aliphatic heterocycles.